The highest BCUT2D eigenvalue weighted by atomic mass is 16.3. The van der Waals surface area contributed by atoms with Gasteiger partial charge in [-0.25, -0.2) is 4.98 Å². The zero-order chi connectivity index (χ0) is 17.1. The smallest absolute Gasteiger partial charge is 0.259 e. The highest BCUT2D eigenvalue weighted by Crippen LogP contribution is 2.22. The SMILES string of the molecule is CC(C)c1occc1C(=O)Nc1ccc(N2CCN(C)CC2)nc1. The molecule has 24 heavy (non-hydrogen) atoms. The van der Waals surface area contributed by atoms with Crippen molar-refractivity contribution in [2.24, 2.45) is 0 Å². The molecule has 0 aliphatic carbocycles. The fourth-order valence-electron chi connectivity index (χ4n) is 2.84. The van der Waals surface area contributed by atoms with E-state index in [2.05, 4.69) is 27.1 Å². The van der Waals surface area contributed by atoms with E-state index in [-0.39, 0.29) is 11.8 Å². The number of pyridine rings is 1. The third-order valence-electron chi connectivity index (χ3n) is 4.30. The van der Waals surface area contributed by atoms with E-state index in [1.165, 1.54) is 0 Å². The Hall–Kier alpha value is -2.34. The summed E-state index contributed by atoms with van der Waals surface area (Å²) in [6.45, 7) is 8.03. The third-order valence-corrected chi connectivity index (χ3v) is 4.30. The van der Waals surface area contributed by atoms with Crippen LogP contribution in [0.15, 0.2) is 35.1 Å². The summed E-state index contributed by atoms with van der Waals surface area (Å²) >= 11 is 0. The summed E-state index contributed by atoms with van der Waals surface area (Å²) in [5.41, 5.74) is 1.27. The Morgan fingerprint density at radius 1 is 1.21 bits per heavy atom. The normalized spacial score (nSPS) is 15.8. The Labute approximate surface area is 142 Å². The molecule has 6 nitrogen and oxygen atoms in total. The largest absolute Gasteiger partial charge is 0.468 e. The highest BCUT2D eigenvalue weighted by Gasteiger charge is 2.18. The Morgan fingerprint density at radius 3 is 2.58 bits per heavy atom. The van der Waals surface area contributed by atoms with Gasteiger partial charge in [0.15, 0.2) is 0 Å². The summed E-state index contributed by atoms with van der Waals surface area (Å²) in [6, 6.07) is 5.56. The van der Waals surface area contributed by atoms with Gasteiger partial charge in [-0.2, -0.15) is 0 Å². The van der Waals surface area contributed by atoms with Gasteiger partial charge in [0.25, 0.3) is 5.91 Å². The minimum Gasteiger partial charge on any atom is -0.468 e. The number of aromatic nitrogens is 1. The predicted octanol–water partition coefficient (Wildman–Crippen LogP) is 2.80. The maximum Gasteiger partial charge on any atom is 0.259 e. The van der Waals surface area contributed by atoms with Gasteiger partial charge in [0.1, 0.15) is 11.6 Å². The minimum absolute atomic E-state index is 0.165. The number of rotatable bonds is 4. The Morgan fingerprint density at radius 2 is 1.96 bits per heavy atom. The van der Waals surface area contributed by atoms with Crippen molar-refractivity contribution < 1.29 is 9.21 Å². The van der Waals surface area contributed by atoms with Crippen molar-refractivity contribution in [3.05, 3.63) is 42.0 Å². The maximum atomic E-state index is 12.4. The molecule has 0 aromatic carbocycles. The van der Waals surface area contributed by atoms with Crippen LogP contribution in [0.2, 0.25) is 0 Å². The highest BCUT2D eigenvalue weighted by molar-refractivity contribution is 6.05. The topological polar surface area (TPSA) is 61.6 Å². The number of nitrogens with zero attached hydrogens (tertiary/aromatic N) is 3. The fraction of sp³-hybridized carbons (Fsp3) is 0.444. The molecule has 1 aliphatic rings. The number of amides is 1. The third kappa shape index (κ3) is 3.59. The first-order valence-corrected chi connectivity index (χ1v) is 8.33. The number of anilines is 2. The van der Waals surface area contributed by atoms with E-state index < -0.39 is 0 Å². The van der Waals surface area contributed by atoms with Crippen molar-refractivity contribution in [1.82, 2.24) is 9.88 Å². The second-order valence-electron chi connectivity index (χ2n) is 6.50. The lowest BCUT2D eigenvalue weighted by Gasteiger charge is -2.33. The van der Waals surface area contributed by atoms with Gasteiger partial charge in [-0.15, -0.1) is 0 Å². The Bertz CT molecular complexity index is 685. The number of piperazine rings is 1. The lowest BCUT2D eigenvalue weighted by molar-refractivity contribution is 0.102. The van der Waals surface area contributed by atoms with Gasteiger partial charge in [-0.3, -0.25) is 4.79 Å². The van der Waals surface area contributed by atoms with Crippen LogP contribution in [0, 0.1) is 0 Å². The quantitative estimate of drug-likeness (QED) is 0.935. The van der Waals surface area contributed by atoms with E-state index in [9.17, 15) is 4.79 Å². The molecule has 0 spiro atoms. The van der Waals surface area contributed by atoms with E-state index in [1.807, 2.05) is 26.0 Å². The molecule has 0 unspecified atom stereocenters. The number of hydrogen-bond donors (Lipinski definition) is 1. The van der Waals surface area contributed by atoms with Crippen LogP contribution in [0.25, 0.3) is 0 Å². The number of nitrogens with one attached hydrogen (secondary N) is 1. The van der Waals surface area contributed by atoms with Crippen LogP contribution in [0.1, 0.15) is 35.9 Å². The molecular formula is C18H24N4O2. The van der Waals surface area contributed by atoms with E-state index in [4.69, 9.17) is 4.42 Å². The number of carbonyl (C=O) groups is 1. The van der Waals surface area contributed by atoms with Crippen LogP contribution in [-0.4, -0.2) is 49.0 Å². The van der Waals surface area contributed by atoms with Gasteiger partial charge in [-0.1, -0.05) is 13.8 Å². The van der Waals surface area contributed by atoms with Crippen LogP contribution in [0.4, 0.5) is 11.5 Å². The first-order chi connectivity index (χ1) is 11.5. The standard InChI is InChI=1S/C18H24N4O2/c1-13(2)17-15(6-11-24-17)18(23)20-14-4-5-16(19-12-14)22-9-7-21(3)8-10-22/h4-6,11-13H,7-10H2,1-3H3,(H,20,23). The van der Waals surface area contributed by atoms with Gasteiger partial charge in [-0.05, 0) is 25.2 Å². The molecule has 3 rings (SSSR count). The number of likely N-dealkylation sites (N-methyl/N-ethyl adjacent to an activating group) is 1. The van der Waals surface area contributed by atoms with Crippen molar-refractivity contribution in [1.29, 1.82) is 0 Å². The van der Waals surface area contributed by atoms with Crippen molar-refractivity contribution in [3.63, 3.8) is 0 Å². The van der Waals surface area contributed by atoms with Crippen molar-refractivity contribution in [2.75, 3.05) is 43.4 Å². The molecular weight excluding hydrogens is 304 g/mol. The van der Waals surface area contributed by atoms with E-state index in [0.717, 1.165) is 32.0 Å². The molecule has 6 heteroatoms. The fourth-order valence-corrected chi connectivity index (χ4v) is 2.84. The summed E-state index contributed by atoms with van der Waals surface area (Å²) in [5, 5.41) is 2.89. The average Bonchev–Trinajstić information content (AvgIpc) is 3.06. The molecule has 2 aromatic heterocycles. The minimum atomic E-state index is -0.165. The summed E-state index contributed by atoms with van der Waals surface area (Å²) in [4.78, 5) is 21.5. The average molecular weight is 328 g/mol. The van der Waals surface area contributed by atoms with Crippen LogP contribution in [0.3, 0.4) is 0 Å². The Kier molecular flexibility index (Phi) is 4.85. The van der Waals surface area contributed by atoms with Crippen LogP contribution in [0.5, 0.6) is 0 Å². The van der Waals surface area contributed by atoms with Gasteiger partial charge in [0.2, 0.25) is 0 Å². The van der Waals surface area contributed by atoms with Crippen LogP contribution >= 0.6 is 0 Å². The van der Waals surface area contributed by atoms with Crippen molar-refractivity contribution in [3.8, 4) is 0 Å². The van der Waals surface area contributed by atoms with Crippen molar-refractivity contribution in [2.45, 2.75) is 19.8 Å². The number of hydrogen-bond acceptors (Lipinski definition) is 5. The zero-order valence-electron chi connectivity index (χ0n) is 14.5. The summed E-state index contributed by atoms with van der Waals surface area (Å²) in [6.07, 6.45) is 3.26. The zero-order valence-corrected chi connectivity index (χ0v) is 14.5. The predicted molar refractivity (Wildman–Crippen MR) is 94.7 cm³/mol. The number of furan rings is 1. The number of carbonyl (C=O) groups excluding carboxylic acids is 1. The lowest BCUT2D eigenvalue weighted by Crippen LogP contribution is -2.44. The summed E-state index contributed by atoms with van der Waals surface area (Å²) in [5.74, 6) is 1.65. The van der Waals surface area contributed by atoms with Crippen LogP contribution < -0.4 is 10.2 Å². The molecule has 128 valence electrons. The molecule has 0 bridgehead atoms. The second kappa shape index (κ2) is 7.05. The summed E-state index contributed by atoms with van der Waals surface area (Å²) in [7, 11) is 2.13. The van der Waals surface area contributed by atoms with E-state index in [0.29, 0.717) is 17.0 Å². The maximum absolute atomic E-state index is 12.4. The molecule has 1 saturated heterocycles. The second-order valence-corrected chi connectivity index (χ2v) is 6.50. The van der Waals surface area contributed by atoms with Gasteiger partial charge >= 0.3 is 0 Å². The molecule has 0 radical (unpaired) electrons. The van der Waals surface area contributed by atoms with Crippen molar-refractivity contribution >= 4 is 17.4 Å². The van der Waals surface area contributed by atoms with E-state index in [1.54, 1.807) is 18.5 Å². The first-order valence-electron chi connectivity index (χ1n) is 8.33. The first kappa shape index (κ1) is 16.5. The van der Waals surface area contributed by atoms with E-state index >= 15 is 0 Å². The molecule has 0 saturated carbocycles. The molecule has 3 heterocycles. The molecule has 2 aromatic rings. The molecule has 1 N–H and O–H groups in total. The molecule has 1 fully saturated rings. The van der Waals surface area contributed by atoms with Gasteiger partial charge < -0.3 is 19.5 Å². The molecule has 0 atom stereocenters. The monoisotopic (exact) mass is 328 g/mol. The Balaban J connectivity index is 1.66. The molecule has 1 amide bonds. The summed E-state index contributed by atoms with van der Waals surface area (Å²) < 4.78 is 5.40. The van der Waals surface area contributed by atoms with Gasteiger partial charge in [0.05, 0.1) is 23.7 Å². The molecule has 1 aliphatic heterocycles. The van der Waals surface area contributed by atoms with Gasteiger partial charge in [0, 0.05) is 32.1 Å². The van der Waals surface area contributed by atoms with Crippen LogP contribution in [-0.2, 0) is 0 Å². The lowest BCUT2D eigenvalue weighted by atomic mass is 10.1.